The summed E-state index contributed by atoms with van der Waals surface area (Å²) in [5.41, 5.74) is 1.49. The van der Waals surface area contributed by atoms with Crippen LogP contribution in [0.4, 0.5) is 10.5 Å². The quantitative estimate of drug-likeness (QED) is 0.740. The molecule has 0 saturated carbocycles. The SMILES string of the molecule is O=C(NCCc1nnc(-c2ccccc2)o1)Nc1cccc(Cl)c1. The Hall–Kier alpha value is -2.86. The number of benzene rings is 2. The predicted molar refractivity (Wildman–Crippen MR) is 91.9 cm³/mol. The van der Waals surface area contributed by atoms with Crippen molar-refractivity contribution in [2.45, 2.75) is 6.42 Å². The lowest BCUT2D eigenvalue weighted by atomic mass is 10.2. The second-order valence-corrected chi connectivity index (χ2v) is 5.44. The van der Waals surface area contributed by atoms with Crippen LogP contribution in [0.1, 0.15) is 5.89 Å². The predicted octanol–water partition coefficient (Wildman–Crippen LogP) is 3.75. The summed E-state index contributed by atoms with van der Waals surface area (Å²) in [6.45, 7) is 0.378. The lowest BCUT2D eigenvalue weighted by Crippen LogP contribution is -2.30. The van der Waals surface area contributed by atoms with Crippen LogP contribution in [-0.2, 0) is 6.42 Å². The Bertz CT molecular complexity index is 820. The van der Waals surface area contributed by atoms with Gasteiger partial charge in [0.05, 0.1) is 0 Å². The molecule has 122 valence electrons. The molecule has 0 unspecified atom stereocenters. The van der Waals surface area contributed by atoms with Gasteiger partial charge in [-0.2, -0.15) is 0 Å². The van der Waals surface area contributed by atoms with Crippen LogP contribution in [-0.4, -0.2) is 22.8 Å². The average Bonchev–Trinajstić information content (AvgIpc) is 3.04. The fraction of sp³-hybridized carbons (Fsp3) is 0.118. The normalized spacial score (nSPS) is 10.4. The van der Waals surface area contributed by atoms with Gasteiger partial charge in [0, 0.05) is 29.2 Å². The zero-order valence-corrected chi connectivity index (χ0v) is 13.5. The Balaban J connectivity index is 1.48. The second kappa shape index (κ2) is 7.61. The topological polar surface area (TPSA) is 80.1 Å². The van der Waals surface area contributed by atoms with E-state index in [0.717, 1.165) is 5.56 Å². The molecule has 0 aliphatic rings. The lowest BCUT2D eigenvalue weighted by Gasteiger charge is -2.06. The van der Waals surface area contributed by atoms with Gasteiger partial charge in [0.1, 0.15) is 0 Å². The van der Waals surface area contributed by atoms with Crippen LogP contribution < -0.4 is 10.6 Å². The summed E-state index contributed by atoms with van der Waals surface area (Å²) >= 11 is 5.87. The van der Waals surface area contributed by atoms with Crippen LogP contribution in [0.15, 0.2) is 59.0 Å². The Kier molecular flexibility index (Phi) is 5.08. The first-order valence-corrected chi connectivity index (χ1v) is 7.77. The Morgan fingerprint density at radius 3 is 2.71 bits per heavy atom. The maximum atomic E-state index is 11.8. The summed E-state index contributed by atoms with van der Waals surface area (Å²) in [5, 5.41) is 14.0. The van der Waals surface area contributed by atoms with E-state index in [0.29, 0.717) is 35.5 Å². The van der Waals surface area contributed by atoms with E-state index < -0.39 is 0 Å². The van der Waals surface area contributed by atoms with Gasteiger partial charge in [-0.05, 0) is 30.3 Å². The monoisotopic (exact) mass is 342 g/mol. The number of urea groups is 1. The Labute approximate surface area is 143 Å². The molecule has 0 aliphatic carbocycles. The molecule has 0 spiro atoms. The highest BCUT2D eigenvalue weighted by Gasteiger charge is 2.08. The van der Waals surface area contributed by atoms with Crippen molar-refractivity contribution >= 4 is 23.3 Å². The number of nitrogens with one attached hydrogen (secondary N) is 2. The first kappa shape index (κ1) is 16.0. The van der Waals surface area contributed by atoms with E-state index in [4.69, 9.17) is 16.0 Å². The standard InChI is InChI=1S/C17H15ClN4O2/c18-13-7-4-8-14(11-13)20-17(23)19-10-9-15-21-22-16(24-15)12-5-2-1-3-6-12/h1-8,11H,9-10H2,(H2,19,20,23). The number of amides is 2. The molecule has 24 heavy (non-hydrogen) atoms. The van der Waals surface area contributed by atoms with Crippen molar-refractivity contribution in [2.24, 2.45) is 0 Å². The highest BCUT2D eigenvalue weighted by molar-refractivity contribution is 6.30. The number of anilines is 1. The van der Waals surface area contributed by atoms with Crippen LogP contribution in [0.2, 0.25) is 5.02 Å². The molecule has 0 fully saturated rings. The van der Waals surface area contributed by atoms with Crippen LogP contribution in [0.5, 0.6) is 0 Å². The smallest absolute Gasteiger partial charge is 0.319 e. The number of rotatable bonds is 5. The molecule has 0 aliphatic heterocycles. The number of hydrogen-bond acceptors (Lipinski definition) is 4. The van der Waals surface area contributed by atoms with E-state index in [9.17, 15) is 4.79 Å². The van der Waals surface area contributed by atoms with Crippen molar-refractivity contribution in [2.75, 3.05) is 11.9 Å². The number of carbonyl (C=O) groups excluding carboxylic acids is 1. The van der Waals surface area contributed by atoms with Crippen LogP contribution in [0, 0.1) is 0 Å². The third-order valence-corrected chi connectivity index (χ3v) is 3.43. The van der Waals surface area contributed by atoms with Crippen LogP contribution >= 0.6 is 11.6 Å². The molecular weight excluding hydrogens is 328 g/mol. The first-order chi connectivity index (χ1) is 11.7. The van der Waals surface area contributed by atoms with Gasteiger partial charge < -0.3 is 15.1 Å². The molecule has 0 radical (unpaired) electrons. The van der Waals surface area contributed by atoms with Crippen molar-refractivity contribution < 1.29 is 9.21 Å². The first-order valence-electron chi connectivity index (χ1n) is 7.39. The van der Waals surface area contributed by atoms with Gasteiger partial charge in [0.2, 0.25) is 11.8 Å². The highest BCUT2D eigenvalue weighted by Crippen LogP contribution is 2.17. The van der Waals surface area contributed by atoms with Crippen molar-refractivity contribution in [1.29, 1.82) is 0 Å². The molecular formula is C17H15ClN4O2. The van der Waals surface area contributed by atoms with Gasteiger partial charge in [0.25, 0.3) is 0 Å². The maximum Gasteiger partial charge on any atom is 0.319 e. The molecule has 3 rings (SSSR count). The molecule has 6 nitrogen and oxygen atoms in total. The van der Waals surface area contributed by atoms with Gasteiger partial charge in [-0.1, -0.05) is 35.9 Å². The van der Waals surface area contributed by atoms with Gasteiger partial charge >= 0.3 is 6.03 Å². The van der Waals surface area contributed by atoms with E-state index in [2.05, 4.69) is 20.8 Å². The maximum absolute atomic E-state index is 11.8. The van der Waals surface area contributed by atoms with Crippen molar-refractivity contribution in [3.63, 3.8) is 0 Å². The van der Waals surface area contributed by atoms with Crippen molar-refractivity contribution in [3.8, 4) is 11.5 Å². The minimum absolute atomic E-state index is 0.319. The summed E-state index contributed by atoms with van der Waals surface area (Å²) < 4.78 is 5.57. The second-order valence-electron chi connectivity index (χ2n) is 5.01. The van der Waals surface area contributed by atoms with E-state index in [1.165, 1.54) is 0 Å². The molecule has 2 aromatic carbocycles. The van der Waals surface area contributed by atoms with E-state index in [-0.39, 0.29) is 6.03 Å². The summed E-state index contributed by atoms with van der Waals surface area (Å²) in [7, 11) is 0. The number of nitrogens with zero attached hydrogens (tertiary/aromatic N) is 2. The molecule has 2 amide bonds. The lowest BCUT2D eigenvalue weighted by molar-refractivity contribution is 0.252. The van der Waals surface area contributed by atoms with Gasteiger partial charge in [0.15, 0.2) is 0 Å². The fourth-order valence-corrected chi connectivity index (χ4v) is 2.27. The van der Waals surface area contributed by atoms with Crippen molar-refractivity contribution in [3.05, 3.63) is 65.5 Å². The third kappa shape index (κ3) is 4.33. The zero-order valence-electron chi connectivity index (χ0n) is 12.7. The van der Waals surface area contributed by atoms with E-state index >= 15 is 0 Å². The molecule has 0 bridgehead atoms. The molecule has 3 aromatic rings. The minimum Gasteiger partial charge on any atom is -0.421 e. The molecule has 7 heteroatoms. The van der Waals surface area contributed by atoms with Crippen molar-refractivity contribution in [1.82, 2.24) is 15.5 Å². The number of hydrogen-bond donors (Lipinski definition) is 2. The largest absolute Gasteiger partial charge is 0.421 e. The Morgan fingerprint density at radius 1 is 1.08 bits per heavy atom. The van der Waals surface area contributed by atoms with Crippen LogP contribution in [0.3, 0.4) is 0 Å². The summed E-state index contributed by atoms with van der Waals surface area (Å²) in [5.74, 6) is 0.936. The number of aromatic nitrogens is 2. The molecule has 0 saturated heterocycles. The zero-order chi connectivity index (χ0) is 16.8. The molecule has 1 heterocycles. The third-order valence-electron chi connectivity index (χ3n) is 3.19. The summed E-state index contributed by atoms with van der Waals surface area (Å²) in [6.07, 6.45) is 0.447. The highest BCUT2D eigenvalue weighted by atomic mass is 35.5. The Morgan fingerprint density at radius 2 is 1.92 bits per heavy atom. The van der Waals surface area contributed by atoms with Crippen LogP contribution in [0.25, 0.3) is 11.5 Å². The number of carbonyl (C=O) groups is 1. The molecule has 2 N–H and O–H groups in total. The van der Waals surface area contributed by atoms with Gasteiger partial charge in [-0.3, -0.25) is 0 Å². The minimum atomic E-state index is -0.319. The fourth-order valence-electron chi connectivity index (χ4n) is 2.08. The van der Waals surface area contributed by atoms with E-state index in [1.54, 1.807) is 24.3 Å². The molecule has 1 aromatic heterocycles. The van der Waals surface area contributed by atoms with Gasteiger partial charge in [-0.15, -0.1) is 10.2 Å². The summed E-state index contributed by atoms with van der Waals surface area (Å²) in [4.78, 5) is 11.8. The summed E-state index contributed by atoms with van der Waals surface area (Å²) in [6, 6.07) is 16.1. The van der Waals surface area contributed by atoms with Gasteiger partial charge in [-0.25, -0.2) is 4.79 Å². The average molecular weight is 343 g/mol. The van der Waals surface area contributed by atoms with E-state index in [1.807, 2.05) is 30.3 Å². The number of halogens is 1. The molecule has 0 atom stereocenters.